The first-order chi connectivity index (χ1) is 7.50. The predicted octanol–water partition coefficient (Wildman–Crippen LogP) is 0.964. The maximum atomic E-state index is 7.50. The van der Waals surface area contributed by atoms with Crippen LogP contribution in [0.25, 0.3) is 5.32 Å². The van der Waals surface area contributed by atoms with Gasteiger partial charge < -0.3 is 5.32 Å². The molecule has 1 saturated heterocycles. The zero-order valence-electron chi connectivity index (χ0n) is 8.23. The van der Waals surface area contributed by atoms with Crippen LogP contribution in [0.3, 0.4) is 0 Å². The van der Waals surface area contributed by atoms with Crippen LogP contribution in [0.2, 0.25) is 0 Å². The Morgan fingerprint density at radius 1 is 0.562 bits per heavy atom. The van der Waals surface area contributed by atoms with E-state index in [1.807, 2.05) is 0 Å². The van der Waals surface area contributed by atoms with Crippen LogP contribution >= 0.6 is 0 Å². The largest absolute Gasteiger partial charge is 0 e. The van der Waals surface area contributed by atoms with Gasteiger partial charge in [-0.2, -0.15) is 0 Å². The van der Waals surface area contributed by atoms with Crippen molar-refractivity contribution in [2.24, 2.45) is 0 Å². The van der Waals surface area contributed by atoms with E-state index in [0.717, 1.165) is 13.1 Å². The molecule has 7 heteroatoms. The van der Waals surface area contributed by atoms with Gasteiger partial charge in [0, 0.05) is 17.4 Å². The van der Waals surface area contributed by atoms with Gasteiger partial charge in [-0.25, -0.2) is 0 Å². The summed E-state index contributed by atoms with van der Waals surface area (Å²) in [4.78, 5) is 0. The minimum Gasteiger partial charge on any atom is 0 e. The van der Waals surface area contributed by atoms with Crippen molar-refractivity contribution in [3.05, 3.63) is 38.6 Å². The molecule has 0 unspecified atom stereocenters. The Balaban J connectivity index is -0.0000000203. The van der Waals surface area contributed by atoms with Crippen molar-refractivity contribution in [1.29, 1.82) is 0 Å². The Morgan fingerprint density at radius 3 is 0.812 bits per heavy atom. The van der Waals surface area contributed by atoms with Crippen molar-refractivity contribution < 1.29 is 40.6 Å². The summed E-state index contributed by atoms with van der Waals surface area (Å²) in [7, 11) is 0. The third kappa shape index (κ3) is 112. The summed E-state index contributed by atoms with van der Waals surface area (Å²) in [5.41, 5.74) is 0. The second-order valence-corrected chi connectivity index (χ2v) is 1.38. The molecule has 16 heavy (non-hydrogen) atoms. The van der Waals surface area contributed by atoms with Gasteiger partial charge in [0.25, 0.3) is 0 Å². The Kier molecular flexibility index (Phi) is 318. The minimum absolute atomic E-state index is 0. The van der Waals surface area contributed by atoms with Crippen LogP contribution in [-0.2, 0) is 40.6 Å². The van der Waals surface area contributed by atoms with Crippen LogP contribution in [0.1, 0.15) is 12.8 Å². The van der Waals surface area contributed by atoms with E-state index < -0.39 is 0 Å². The van der Waals surface area contributed by atoms with Gasteiger partial charge in [0.1, 0.15) is 0 Å². The van der Waals surface area contributed by atoms with Gasteiger partial charge in [-0.3, -0.25) is 0 Å². The molecule has 0 spiro atoms. The molecule has 6 nitrogen and oxygen atoms in total. The molecule has 0 aromatic carbocycles. The standard InChI is InChI=1S/C4H8N.5CO.Cr/c1-2-4-5-3-1;5*1-2;/h1-4H2;;;;;;/q-1;;;;;;. The molecule has 0 radical (unpaired) electrons. The van der Waals surface area contributed by atoms with Crippen molar-refractivity contribution >= 4 is 0 Å². The fourth-order valence-corrected chi connectivity index (χ4v) is 0.559. The van der Waals surface area contributed by atoms with Gasteiger partial charge in [-0.05, 0) is 0 Å². The third-order valence-corrected chi connectivity index (χ3v) is 0.882. The third-order valence-electron chi connectivity index (χ3n) is 0.882. The number of nitrogens with zero attached hydrogens (tertiary/aromatic N) is 1. The molecule has 0 amide bonds. The zero-order chi connectivity index (χ0) is 13.5. The van der Waals surface area contributed by atoms with Gasteiger partial charge in [-0.15, -0.1) is 13.1 Å². The summed E-state index contributed by atoms with van der Waals surface area (Å²) in [5.74, 6) is 0. The molecule has 0 aromatic heterocycles. The number of rotatable bonds is 0. The molecule has 0 N–H and O–H groups in total. The molecule has 1 aliphatic heterocycles. The SMILES string of the molecule is C1CC[N-]C1.[C-]#[O+].[C-]#[O+].[C-]#[O+].[C-]#[O+].[C-]#[O+].[Cr]. The molecule has 0 atom stereocenters. The van der Waals surface area contributed by atoms with E-state index in [1.165, 1.54) is 12.8 Å². The molecule has 0 aromatic rings. The van der Waals surface area contributed by atoms with E-state index in [0.29, 0.717) is 0 Å². The molecule has 1 heterocycles. The Hall–Kier alpha value is -0.808. The molecule has 86 valence electrons. The maximum Gasteiger partial charge on any atom is 0 e. The molecular weight excluding hydrogens is 254 g/mol. The van der Waals surface area contributed by atoms with Gasteiger partial charge in [0.05, 0.1) is 0 Å². The zero-order valence-corrected chi connectivity index (χ0v) is 9.50. The van der Waals surface area contributed by atoms with Crippen LogP contribution in [0.4, 0.5) is 0 Å². The Labute approximate surface area is 106 Å². The van der Waals surface area contributed by atoms with Crippen LogP contribution in [0, 0.1) is 33.3 Å². The topological polar surface area (TPSA) is 114 Å². The molecule has 0 aliphatic carbocycles. The smallest absolute Gasteiger partial charge is 0 e. The van der Waals surface area contributed by atoms with E-state index in [-0.39, 0.29) is 17.4 Å². The van der Waals surface area contributed by atoms with Crippen LogP contribution in [-0.4, -0.2) is 13.1 Å². The van der Waals surface area contributed by atoms with Crippen molar-refractivity contribution in [2.75, 3.05) is 13.1 Å². The van der Waals surface area contributed by atoms with E-state index in [4.69, 9.17) is 23.3 Å². The van der Waals surface area contributed by atoms with Crippen molar-refractivity contribution in [3.8, 4) is 0 Å². The predicted molar refractivity (Wildman–Crippen MR) is 42.0 cm³/mol. The van der Waals surface area contributed by atoms with Crippen molar-refractivity contribution in [3.63, 3.8) is 0 Å². The maximum absolute atomic E-state index is 7.50. The average molecular weight is 262 g/mol. The monoisotopic (exact) mass is 262 g/mol. The summed E-state index contributed by atoms with van der Waals surface area (Å²) in [6.07, 6.45) is 2.67. The average Bonchev–Trinajstić information content (AvgIpc) is 3.00. The number of hydrogen-bond donors (Lipinski definition) is 0. The first-order valence-electron chi connectivity index (χ1n) is 3.15. The normalized spacial score (nSPS) is 8.12. The van der Waals surface area contributed by atoms with Crippen LogP contribution in [0.5, 0.6) is 0 Å². The molecular formula is C9H8CrNO5-. The van der Waals surface area contributed by atoms with Crippen LogP contribution < -0.4 is 0 Å². The fraction of sp³-hybridized carbons (Fsp3) is 0.444. The Morgan fingerprint density at radius 2 is 0.750 bits per heavy atom. The fourth-order valence-electron chi connectivity index (χ4n) is 0.559. The summed E-state index contributed by atoms with van der Waals surface area (Å²) in [6, 6.07) is 0. The molecule has 1 fully saturated rings. The van der Waals surface area contributed by atoms with E-state index in [2.05, 4.69) is 38.6 Å². The van der Waals surface area contributed by atoms with E-state index >= 15 is 0 Å². The first kappa shape index (κ1) is 36.2. The van der Waals surface area contributed by atoms with Crippen molar-refractivity contribution in [2.45, 2.75) is 12.8 Å². The van der Waals surface area contributed by atoms with Gasteiger partial charge in [0.15, 0.2) is 0 Å². The summed E-state index contributed by atoms with van der Waals surface area (Å²) < 4.78 is 37.5. The first-order valence-corrected chi connectivity index (χ1v) is 3.15. The summed E-state index contributed by atoms with van der Waals surface area (Å²) in [6.45, 7) is 24.8. The van der Waals surface area contributed by atoms with Crippen molar-refractivity contribution in [1.82, 2.24) is 0 Å². The molecule has 0 saturated carbocycles. The van der Waals surface area contributed by atoms with Gasteiger partial charge >= 0.3 is 56.5 Å². The van der Waals surface area contributed by atoms with Gasteiger partial charge in [0.2, 0.25) is 0 Å². The van der Waals surface area contributed by atoms with Gasteiger partial charge in [-0.1, -0.05) is 12.8 Å². The second kappa shape index (κ2) is 141. The Bertz CT molecular complexity index is 127. The minimum atomic E-state index is 0. The molecule has 1 rings (SSSR count). The molecule has 0 bridgehead atoms. The van der Waals surface area contributed by atoms with E-state index in [9.17, 15) is 0 Å². The van der Waals surface area contributed by atoms with E-state index in [1.54, 1.807) is 0 Å². The summed E-state index contributed by atoms with van der Waals surface area (Å²) >= 11 is 0. The molecule has 1 aliphatic rings. The number of hydrogen-bond acceptors (Lipinski definition) is 0. The van der Waals surface area contributed by atoms with Crippen LogP contribution in [0.15, 0.2) is 0 Å². The summed E-state index contributed by atoms with van der Waals surface area (Å²) in [5, 5.41) is 4.08. The quantitative estimate of drug-likeness (QED) is 0.457. The second-order valence-electron chi connectivity index (χ2n) is 1.38.